The first-order chi connectivity index (χ1) is 12.2. The van der Waals surface area contributed by atoms with Crippen LogP contribution in [0, 0.1) is 0 Å². The van der Waals surface area contributed by atoms with Gasteiger partial charge in [0.05, 0.1) is 0 Å². The fourth-order valence-electron chi connectivity index (χ4n) is 2.77. The number of rotatable bonds is 7. The summed E-state index contributed by atoms with van der Waals surface area (Å²) in [4.78, 5) is 28.0. The summed E-state index contributed by atoms with van der Waals surface area (Å²) in [5.41, 5.74) is 1.35. The molecule has 1 saturated carbocycles. The summed E-state index contributed by atoms with van der Waals surface area (Å²) >= 11 is 1.33. The lowest BCUT2D eigenvalue weighted by Crippen LogP contribution is -2.35. The highest BCUT2D eigenvalue weighted by Gasteiger charge is 2.19. The number of carbonyl (C=O) groups is 2. The Balaban J connectivity index is 1.43. The second-order valence-corrected chi connectivity index (χ2v) is 6.86. The van der Waals surface area contributed by atoms with E-state index in [1.165, 1.54) is 11.3 Å². The van der Waals surface area contributed by atoms with Crippen molar-refractivity contribution in [3.63, 3.8) is 0 Å². The molecule has 2 aromatic rings. The second kappa shape index (κ2) is 8.62. The number of thiazole rings is 1. The van der Waals surface area contributed by atoms with Crippen LogP contribution in [0.3, 0.4) is 0 Å². The lowest BCUT2D eigenvalue weighted by Gasteiger charge is -2.11. The molecule has 0 saturated heterocycles. The molecule has 7 heteroatoms. The predicted octanol–water partition coefficient (Wildman–Crippen LogP) is 2.97. The maximum absolute atomic E-state index is 12.0. The van der Waals surface area contributed by atoms with Gasteiger partial charge in [0, 0.05) is 18.0 Å². The number of nitrogens with one attached hydrogen (secondary N) is 2. The molecule has 1 aliphatic rings. The molecular formula is C18H21N3O3S. The summed E-state index contributed by atoms with van der Waals surface area (Å²) in [6.07, 6.45) is 4.29. The molecule has 3 rings (SSSR count). The molecule has 1 amide bonds. The van der Waals surface area contributed by atoms with Crippen molar-refractivity contribution >= 4 is 28.3 Å². The third kappa shape index (κ3) is 5.29. The van der Waals surface area contributed by atoms with Crippen LogP contribution < -0.4 is 10.6 Å². The average molecular weight is 359 g/mol. The van der Waals surface area contributed by atoms with Gasteiger partial charge in [0.25, 0.3) is 5.91 Å². The van der Waals surface area contributed by atoms with Crippen LogP contribution >= 0.6 is 11.3 Å². The molecule has 0 unspecified atom stereocenters. The largest absolute Gasteiger partial charge is 0.451 e. The molecule has 1 heterocycles. The summed E-state index contributed by atoms with van der Waals surface area (Å²) < 4.78 is 5.04. The molecule has 0 bridgehead atoms. The molecule has 0 atom stereocenters. The minimum atomic E-state index is -0.578. The van der Waals surface area contributed by atoms with Gasteiger partial charge in [0.1, 0.15) is 0 Å². The summed E-state index contributed by atoms with van der Waals surface area (Å²) in [5, 5.41) is 8.33. The molecule has 25 heavy (non-hydrogen) atoms. The van der Waals surface area contributed by atoms with E-state index in [0.29, 0.717) is 11.7 Å². The molecular weight excluding hydrogens is 338 g/mol. The van der Waals surface area contributed by atoms with Gasteiger partial charge in [-0.1, -0.05) is 43.2 Å². The van der Waals surface area contributed by atoms with Crippen LogP contribution in [-0.4, -0.2) is 29.5 Å². The maximum atomic E-state index is 12.0. The summed E-state index contributed by atoms with van der Waals surface area (Å²) in [5.74, 6) is -0.830. The molecule has 0 radical (unpaired) electrons. The van der Waals surface area contributed by atoms with Crippen LogP contribution in [0.25, 0.3) is 0 Å². The topological polar surface area (TPSA) is 80.3 Å². The average Bonchev–Trinajstić information content (AvgIpc) is 3.30. The van der Waals surface area contributed by atoms with Crippen molar-refractivity contribution in [3.8, 4) is 0 Å². The Hall–Kier alpha value is -2.41. The van der Waals surface area contributed by atoms with Crippen molar-refractivity contribution in [2.24, 2.45) is 0 Å². The van der Waals surface area contributed by atoms with Crippen LogP contribution in [0.4, 0.5) is 5.13 Å². The molecule has 2 N–H and O–H groups in total. The first-order valence-electron chi connectivity index (χ1n) is 8.40. The maximum Gasteiger partial charge on any atom is 0.358 e. The van der Waals surface area contributed by atoms with E-state index in [2.05, 4.69) is 15.6 Å². The normalized spacial score (nSPS) is 14.2. The Morgan fingerprint density at radius 3 is 2.72 bits per heavy atom. The monoisotopic (exact) mass is 359 g/mol. The van der Waals surface area contributed by atoms with Gasteiger partial charge in [-0.05, 0) is 18.4 Å². The van der Waals surface area contributed by atoms with E-state index in [9.17, 15) is 9.59 Å². The SMILES string of the molecule is O=C(COC(=O)c1csc(NCc2ccccc2)n1)NC1CCCC1. The fraction of sp³-hybridized carbons (Fsp3) is 0.389. The molecule has 132 valence electrons. The van der Waals surface area contributed by atoms with E-state index in [1.54, 1.807) is 5.38 Å². The minimum Gasteiger partial charge on any atom is -0.451 e. The quantitative estimate of drug-likeness (QED) is 0.743. The highest BCUT2D eigenvalue weighted by Crippen LogP contribution is 2.18. The smallest absolute Gasteiger partial charge is 0.358 e. The van der Waals surface area contributed by atoms with Gasteiger partial charge >= 0.3 is 5.97 Å². The van der Waals surface area contributed by atoms with Gasteiger partial charge in [-0.3, -0.25) is 4.79 Å². The molecule has 6 nitrogen and oxygen atoms in total. The van der Waals surface area contributed by atoms with E-state index in [0.717, 1.165) is 31.2 Å². The highest BCUT2D eigenvalue weighted by molar-refractivity contribution is 7.13. The molecule has 1 aliphatic carbocycles. The van der Waals surface area contributed by atoms with Gasteiger partial charge in [0.15, 0.2) is 17.4 Å². The number of amides is 1. The molecule has 1 aromatic carbocycles. The van der Waals surface area contributed by atoms with Gasteiger partial charge in [0.2, 0.25) is 0 Å². The number of hydrogen-bond donors (Lipinski definition) is 2. The first-order valence-corrected chi connectivity index (χ1v) is 9.28. The van der Waals surface area contributed by atoms with Crippen LogP contribution in [-0.2, 0) is 16.1 Å². The Morgan fingerprint density at radius 2 is 1.96 bits per heavy atom. The van der Waals surface area contributed by atoms with Crippen molar-refractivity contribution < 1.29 is 14.3 Å². The fourth-order valence-corrected chi connectivity index (χ4v) is 3.45. The van der Waals surface area contributed by atoms with E-state index in [-0.39, 0.29) is 24.2 Å². The summed E-state index contributed by atoms with van der Waals surface area (Å²) in [6.45, 7) is 0.367. The number of ether oxygens (including phenoxy) is 1. The summed E-state index contributed by atoms with van der Waals surface area (Å²) in [6, 6.07) is 10.2. The van der Waals surface area contributed by atoms with Gasteiger partial charge < -0.3 is 15.4 Å². The van der Waals surface area contributed by atoms with E-state index < -0.39 is 5.97 Å². The standard InChI is InChI=1S/C18H21N3O3S/c22-16(20-14-8-4-5-9-14)11-24-17(23)15-12-25-18(21-15)19-10-13-6-2-1-3-7-13/h1-3,6-7,12,14H,4-5,8-11H2,(H,19,21)(H,20,22). The molecule has 1 aromatic heterocycles. The zero-order valence-corrected chi connectivity index (χ0v) is 14.7. The van der Waals surface area contributed by atoms with E-state index in [4.69, 9.17) is 4.74 Å². The number of hydrogen-bond acceptors (Lipinski definition) is 6. The van der Waals surface area contributed by atoms with Crippen molar-refractivity contribution in [3.05, 3.63) is 47.0 Å². The Labute approximate surface area is 150 Å². The molecule has 0 aliphatic heterocycles. The van der Waals surface area contributed by atoms with Crippen LogP contribution in [0.15, 0.2) is 35.7 Å². The van der Waals surface area contributed by atoms with Gasteiger partial charge in [-0.2, -0.15) is 0 Å². The van der Waals surface area contributed by atoms with Crippen molar-refractivity contribution in [1.29, 1.82) is 0 Å². The van der Waals surface area contributed by atoms with Crippen LogP contribution in [0.5, 0.6) is 0 Å². The van der Waals surface area contributed by atoms with Crippen LogP contribution in [0.2, 0.25) is 0 Å². The number of nitrogens with zero attached hydrogens (tertiary/aromatic N) is 1. The van der Waals surface area contributed by atoms with E-state index >= 15 is 0 Å². The first kappa shape index (κ1) is 17.4. The number of carbonyl (C=O) groups excluding carboxylic acids is 2. The number of anilines is 1. The number of aromatic nitrogens is 1. The highest BCUT2D eigenvalue weighted by atomic mass is 32.1. The van der Waals surface area contributed by atoms with Gasteiger partial charge in [-0.15, -0.1) is 11.3 Å². The molecule has 1 fully saturated rings. The Bertz CT molecular complexity index is 711. The zero-order valence-electron chi connectivity index (χ0n) is 13.9. The van der Waals surface area contributed by atoms with Crippen molar-refractivity contribution in [2.75, 3.05) is 11.9 Å². The lowest BCUT2D eigenvalue weighted by molar-refractivity contribution is -0.124. The Kier molecular flexibility index (Phi) is 6.00. The summed E-state index contributed by atoms with van der Waals surface area (Å²) in [7, 11) is 0. The number of benzene rings is 1. The van der Waals surface area contributed by atoms with Crippen molar-refractivity contribution in [2.45, 2.75) is 38.3 Å². The van der Waals surface area contributed by atoms with Crippen LogP contribution in [0.1, 0.15) is 41.7 Å². The van der Waals surface area contributed by atoms with E-state index in [1.807, 2.05) is 30.3 Å². The lowest BCUT2D eigenvalue weighted by atomic mass is 10.2. The van der Waals surface area contributed by atoms with Gasteiger partial charge in [-0.25, -0.2) is 9.78 Å². The third-order valence-electron chi connectivity index (χ3n) is 4.05. The minimum absolute atomic E-state index is 0.217. The predicted molar refractivity (Wildman–Crippen MR) is 96.6 cm³/mol. The zero-order chi connectivity index (χ0) is 17.5. The third-order valence-corrected chi connectivity index (χ3v) is 4.85. The van der Waals surface area contributed by atoms with Crippen molar-refractivity contribution in [1.82, 2.24) is 10.3 Å². The Morgan fingerprint density at radius 1 is 1.20 bits per heavy atom. The molecule has 0 spiro atoms. The second-order valence-electron chi connectivity index (χ2n) is 6.00. The number of esters is 1.